The number of allylic oxidation sites excluding steroid dienone is 16. The summed E-state index contributed by atoms with van der Waals surface area (Å²) in [6.07, 6.45) is 69.1. The molecular formula is C54H90O5. The zero-order valence-corrected chi connectivity index (χ0v) is 38.2. The van der Waals surface area contributed by atoms with Gasteiger partial charge in [0.2, 0.25) is 0 Å². The van der Waals surface area contributed by atoms with Gasteiger partial charge < -0.3 is 14.6 Å². The number of carbonyl (C=O) groups is 2. The van der Waals surface area contributed by atoms with Gasteiger partial charge in [-0.2, -0.15) is 0 Å². The molecule has 1 atom stereocenters. The van der Waals surface area contributed by atoms with Crippen LogP contribution in [0, 0.1) is 0 Å². The Morgan fingerprint density at radius 1 is 0.407 bits per heavy atom. The highest BCUT2D eigenvalue weighted by Crippen LogP contribution is 2.13. The first-order chi connectivity index (χ1) is 29.1. The molecule has 0 radical (unpaired) electrons. The van der Waals surface area contributed by atoms with E-state index in [1.54, 1.807) is 0 Å². The van der Waals surface area contributed by atoms with E-state index < -0.39 is 6.10 Å². The van der Waals surface area contributed by atoms with Crippen molar-refractivity contribution < 1.29 is 24.2 Å². The summed E-state index contributed by atoms with van der Waals surface area (Å²) >= 11 is 0. The fourth-order valence-electron chi connectivity index (χ4n) is 6.47. The maximum atomic E-state index is 12.3. The minimum absolute atomic E-state index is 0.0784. The van der Waals surface area contributed by atoms with Crippen LogP contribution in [-0.4, -0.2) is 36.4 Å². The number of hydrogen-bond acceptors (Lipinski definition) is 5. The molecule has 0 aromatic rings. The second-order valence-corrected chi connectivity index (χ2v) is 15.8. The summed E-state index contributed by atoms with van der Waals surface area (Å²) in [4.78, 5) is 24.4. The van der Waals surface area contributed by atoms with Crippen molar-refractivity contribution in [2.45, 2.75) is 219 Å². The third-order valence-electron chi connectivity index (χ3n) is 10.1. The third kappa shape index (κ3) is 47.4. The molecule has 0 aliphatic carbocycles. The summed E-state index contributed by atoms with van der Waals surface area (Å²) in [5, 5.41) is 9.61. The predicted octanol–water partition coefficient (Wildman–Crippen LogP) is 16.0. The van der Waals surface area contributed by atoms with E-state index >= 15 is 0 Å². The first-order valence-electron chi connectivity index (χ1n) is 24.3. The average Bonchev–Trinajstić information content (AvgIpc) is 3.24. The molecule has 0 aliphatic heterocycles. The minimum atomic E-state index is -0.786. The highest BCUT2D eigenvalue weighted by Gasteiger charge is 2.16. The SMILES string of the molecule is CC/C=C\C/C=C\C/C=C\C/C=C\C/C=C\C/C=C\CCCCCCCCCCC(=O)OC(CO)COC(=O)CCCCCCCCC/C=C\C/C=C\CCCCCC. The van der Waals surface area contributed by atoms with Crippen molar-refractivity contribution in [2.75, 3.05) is 13.2 Å². The summed E-state index contributed by atoms with van der Waals surface area (Å²) in [6.45, 7) is 3.99. The van der Waals surface area contributed by atoms with Gasteiger partial charge in [-0.3, -0.25) is 9.59 Å². The van der Waals surface area contributed by atoms with Crippen molar-refractivity contribution in [3.63, 3.8) is 0 Å². The van der Waals surface area contributed by atoms with Gasteiger partial charge in [-0.05, 0) is 96.3 Å². The Bertz CT molecular complexity index is 1150. The largest absolute Gasteiger partial charge is 0.462 e. The summed E-state index contributed by atoms with van der Waals surface area (Å²) in [5.41, 5.74) is 0. The van der Waals surface area contributed by atoms with Crippen LogP contribution in [0.2, 0.25) is 0 Å². The molecule has 1 unspecified atom stereocenters. The molecule has 59 heavy (non-hydrogen) atoms. The lowest BCUT2D eigenvalue weighted by Gasteiger charge is -2.15. The lowest BCUT2D eigenvalue weighted by atomic mass is 10.1. The first-order valence-corrected chi connectivity index (χ1v) is 24.3. The van der Waals surface area contributed by atoms with E-state index in [2.05, 4.69) is 111 Å². The van der Waals surface area contributed by atoms with Crippen LogP contribution in [0.15, 0.2) is 97.2 Å². The number of ether oxygens (including phenoxy) is 2. The quantitative estimate of drug-likeness (QED) is 0.0377. The fourth-order valence-corrected chi connectivity index (χ4v) is 6.47. The molecule has 0 saturated heterocycles. The molecule has 0 fully saturated rings. The summed E-state index contributed by atoms with van der Waals surface area (Å²) in [5.74, 6) is -0.613. The maximum absolute atomic E-state index is 12.3. The standard InChI is InChI=1S/C54H90O5/c1-3-5-7-9-11-13-15-17-19-21-23-24-25-26-27-28-29-30-31-33-35-37-39-41-43-45-47-49-54(57)59-52(50-55)51-58-53(56)48-46-44-42-40-38-36-34-32-22-20-18-16-14-12-10-8-6-4-2/h5,7,11,13-14,16-17,19-20,22-24,26-27,29-30,52,55H,3-4,6,8-10,12,15,18,21,25,28,31-51H2,1-2H3/b7-5-,13-11-,16-14-,19-17-,22-20-,24-23-,27-26-,30-29-. The van der Waals surface area contributed by atoms with Crippen molar-refractivity contribution in [3.8, 4) is 0 Å². The Morgan fingerprint density at radius 2 is 0.729 bits per heavy atom. The van der Waals surface area contributed by atoms with E-state index in [1.165, 1.54) is 89.9 Å². The molecule has 0 rings (SSSR count). The van der Waals surface area contributed by atoms with Gasteiger partial charge in [0.25, 0.3) is 0 Å². The molecular weight excluding hydrogens is 729 g/mol. The van der Waals surface area contributed by atoms with Crippen molar-refractivity contribution in [1.29, 1.82) is 0 Å². The van der Waals surface area contributed by atoms with E-state index in [1.807, 2.05) is 0 Å². The Hall–Kier alpha value is -3.18. The van der Waals surface area contributed by atoms with Crippen molar-refractivity contribution in [1.82, 2.24) is 0 Å². The van der Waals surface area contributed by atoms with Crippen LogP contribution in [0.1, 0.15) is 213 Å². The first kappa shape index (κ1) is 55.8. The lowest BCUT2D eigenvalue weighted by molar-refractivity contribution is -0.161. The van der Waals surface area contributed by atoms with Crippen LogP contribution in [0.5, 0.6) is 0 Å². The normalized spacial score (nSPS) is 13.1. The van der Waals surface area contributed by atoms with Gasteiger partial charge in [-0.25, -0.2) is 0 Å². The Labute approximate surface area is 364 Å². The van der Waals surface area contributed by atoms with Crippen molar-refractivity contribution in [3.05, 3.63) is 97.2 Å². The molecule has 0 bridgehead atoms. The van der Waals surface area contributed by atoms with E-state index in [0.717, 1.165) is 96.3 Å². The second-order valence-electron chi connectivity index (χ2n) is 15.8. The lowest BCUT2D eigenvalue weighted by Crippen LogP contribution is -2.28. The smallest absolute Gasteiger partial charge is 0.306 e. The molecule has 0 aromatic heterocycles. The highest BCUT2D eigenvalue weighted by atomic mass is 16.6. The molecule has 0 amide bonds. The summed E-state index contributed by atoms with van der Waals surface area (Å²) < 4.78 is 10.7. The zero-order chi connectivity index (χ0) is 42.8. The van der Waals surface area contributed by atoms with Gasteiger partial charge in [0.15, 0.2) is 6.10 Å². The third-order valence-corrected chi connectivity index (χ3v) is 10.1. The van der Waals surface area contributed by atoms with Gasteiger partial charge in [0.05, 0.1) is 6.61 Å². The molecule has 0 aliphatic rings. The zero-order valence-electron chi connectivity index (χ0n) is 38.2. The van der Waals surface area contributed by atoms with Crippen LogP contribution in [-0.2, 0) is 19.1 Å². The minimum Gasteiger partial charge on any atom is -0.462 e. The highest BCUT2D eigenvalue weighted by molar-refractivity contribution is 5.70. The van der Waals surface area contributed by atoms with Gasteiger partial charge in [-0.15, -0.1) is 0 Å². The Balaban J connectivity index is 3.59. The van der Waals surface area contributed by atoms with E-state index in [-0.39, 0.29) is 25.2 Å². The van der Waals surface area contributed by atoms with E-state index in [4.69, 9.17) is 9.47 Å². The summed E-state index contributed by atoms with van der Waals surface area (Å²) in [6, 6.07) is 0. The molecule has 1 N–H and O–H groups in total. The van der Waals surface area contributed by atoms with Gasteiger partial charge in [0.1, 0.15) is 6.61 Å². The van der Waals surface area contributed by atoms with E-state index in [0.29, 0.717) is 12.8 Å². The number of rotatable bonds is 43. The summed E-state index contributed by atoms with van der Waals surface area (Å²) in [7, 11) is 0. The topological polar surface area (TPSA) is 72.8 Å². The van der Waals surface area contributed by atoms with Crippen molar-refractivity contribution >= 4 is 11.9 Å². The average molecular weight is 819 g/mol. The predicted molar refractivity (Wildman–Crippen MR) is 256 cm³/mol. The van der Waals surface area contributed by atoms with Crippen molar-refractivity contribution in [2.24, 2.45) is 0 Å². The van der Waals surface area contributed by atoms with E-state index in [9.17, 15) is 14.7 Å². The monoisotopic (exact) mass is 819 g/mol. The van der Waals surface area contributed by atoms with Crippen LogP contribution in [0.25, 0.3) is 0 Å². The molecule has 0 saturated carbocycles. The Kier molecular flexibility index (Phi) is 46.5. The number of aliphatic hydroxyl groups excluding tert-OH is 1. The van der Waals surface area contributed by atoms with Crippen LogP contribution >= 0.6 is 0 Å². The van der Waals surface area contributed by atoms with Gasteiger partial charge in [-0.1, -0.05) is 201 Å². The second kappa shape index (κ2) is 49.2. The van der Waals surface area contributed by atoms with Crippen LogP contribution in [0.3, 0.4) is 0 Å². The van der Waals surface area contributed by atoms with Crippen LogP contribution in [0.4, 0.5) is 0 Å². The molecule has 5 heteroatoms. The molecule has 0 heterocycles. The Morgan fingerprint density at radius 3 is 1.10 bits per heavy atom. The molecule has 0 aromatic carbocycles. The van der Waals surface area contributed by atoms with Gasteiger partial charge >= 0.3 is 11.9 Å². The molecule has 5 nitrogen and oxygen atoms in total. The number of unbranched alkanes of at least 4 members (excludes halogenated alkanes) is 19. The molecule has 336 valence electrons. The number of hydrogen-bond donors (Lipinski definition) is 1. The van der Waals surface area contributed by atoms with Gasteiger partial charge in [0, 0.05) is 12.8 Å². The molecule has 0 spiro atoms. The number of aliphatic hydroxyl groups is 1. The fraction of sp³-hybridized carbons (Fsp3) is 0.667. The number of carbonyl (C=O) groups excluding carboxylic acids is 2. The maximum Gasteiger partial charge on any atom is 0.306 e. The van der Waals surface area contributed by atoms with Crippen LogP contribution < -0.4 is 0 Å². The number of esters is 2.